The van der Waals surface area contributed by atoms with Crippen LogP contribution < -0.4 is 5.32 Å². The summed E-state index contributed by atoms with van der Waals surface area (Å²) in [6, 6.07) is 13.6. The van der Waals surface area contributed by atoms with Crippen molar-refractivity contribution in [3.05, 3.63) is 71.0 Å². The number of carbonyl (C=O) groups excluding carboxylic acids is 2. The highest BCUT2D eigenvalue weighted by molar-refractivity contribution is 5.94. The van der Waals surface area contributed by atoms with E-state index >= 15 is 0 Å². The van der Waals surface area contributed by atoms with E-state index in [9.17, 15) is 14.0 Å². The van der Waals surface area contributed by atoms with E-state index in [1.165, 1.54) is 19.1 Å². The molecule has 0 bridgehead atoms. The molecule has 0 aliphatic rings. The van der Waals surface area contributed by atoms with Crippen LogP contribution in [-0.4, -0.2) is 36.3 Å². The standard InChI is InChI=1S/C20H23FN2O2/c1-15-4-3-5-18(14-15)20(25)22-11-13-23(16(2)24)12-10-17-6-8-19(21)9-7-17/h3-9,14H,10-13H2,1-2H3,(H,22,25). The number of benzene rings is 2. The van der Waals surface area contributed by atoms with E-state index in [2.05, 4.69) is 5.32 Å². The fraction of sp³-hybridized carbons (Fsp3) is 0.300. The molecular formula is C20H23FN2O2. The van der Waals surface area contributed by atoms with Crippen molar-refractivity contribution in [3.63, 3.8) is 0 Å². The summed E-state index contributed by atoms with van der Waals surface area (Å²) in [4.78, 5) is 25.6. The zero-order valence-corrected chi connectivity index (χ0v) is 14.6. The number of aryl methyl sites for hydroxylation is 1. The van der Waals surface area contributed by atoms with Gasteiger partial charge in [0.05, 0.1) is 0 Å². The first-order valence-electron chi connectivity index (χ1n) is 8.30. The van der Waals surface area contributed by atoms with E-state index in [-0.39, 0.29) is 17.6 Å². The van der Waals surface area contributed by atoms with Gasteiger partial charge in [-0.15, -0.1) is 0 Å². The molecular weight excluding hydrogens is 319 g/mol. The number of nitrogens with zero attached hydrogens (tertiary/aromatic N) is 1. The average molecular weight is 342 g/mol. The van der Waals surface area contributed by atoms with Crippen molar-refractivity contribution in [2.45, 2.75) is 20.3 Å². The lowest BCUT2D eigenvalue weighted by Gasteiger charge is -2.21. The van der Waals surface area contributed by atoms with E-state index in [1.54, 1.807) is 23.1 Å². The number of hydrogen-bond acceptors (Lipinski definition) is 2. The van der Waals surface area contributed by atoms with Crippen LogP contribution in [0.2, 0.25) is 0 Å². The molecule has 2 rings (SSSR count). The van der Waals surface area contributed by atoms with Gasteiger partial charge < -0.3 is 10.2 Å². The summed E-state index contributed by atoms with van der Waals surface area (Å²) in [5, 5.41) is 2.83. The van der Waals surface area contributed by atoms with Gasteiger partial charge in [0.1, 0.15) is 5.82 Å². The van der Waals surface area contributed by atoms with Gasteiger partial charge in [-0.1, -0.05) is 29.8 Å². The van der Waals surface area contributed by atoms with Crippen molar-refractivity contribution in [2.24, 2.45) is 0 Å². The maximum absolute atomic E-state index is 12.9. The second-order valence-electron chi connectivity index (χ2n) is 6.01. The molecule has 4 nitrogen and oxygen atoms in total. The Kier molecular flexibility index (Phi) is 6.69. The lowest BCUT2D eigenvalue weighted by molar-refractivity contribution is -0.128. The van der Waals surface area contributed by atoms with Gasteiger partial charge in [-0.05, 0) is 43.2 Å². The van der Waals surface area contributed by atoms with Crippen molar-refractivity contribution in [3.8, 4) is 0 Å². The topological polar surface area (TPSA) is 49.4 Å². The Morgan fingerprint density at radius 1 is 1.08 bits per heavy atom. The fourth-order valence-corrected chi connectivity index (χ4v) is 2.53. The average Bonchev–Trinajstić information content (AvgIpc) is 2.59. The van der Waals surface area contributed by atoms with Crippen LogP contribution in [0.25, 0.3) is 0 Å². The van der Waals surface area contributed by atoms with Crippen LogP contribution in [0.4, 0.5) is 4.39 Å². The number of rotatable bonds is 7. The Morgan fingerprint density at radius 3 is 2.44 bits per heavy atom. The zero-order valence-electron chi connectivity index (χ0n) is 14.6. The molecule has 0 fully saturated rings. The van der Waals surface area contributed by atoms with Gasteiger partial charge in [-0.3, -0.25) is 9.59 Å². The van der Waals surface area contributed by atoms with E-state index in [1.807, 2.05) is 25.1 Å². The molecule has 2 aromatic carbocycles. The predicted molar refractivity (Wildman–Crippen MR) is 95.9 cm³/mol. The zero-order chi connectivity index (χ0) is 18.2. The van der Waals surface area contributed by atoms with Gasteiger partial charge in [0.2, 0.25) is 5.91 Å². The lowest BCUT2D eigenvalue weighted by atomic mass is 10.1. The molecule has 5 heteroatoms. The normalized spacial score (nSPS) is 10.4. The minimum Gasteiger partial charge on any atom is -0.350 e. The maximum atomic E-state index is 12.9. The lowest BCUT2D eigenvalue weighted by Crippen LogP contribution is -2.38. The minimum absolute atomic E-state index is 0.0492. The Balaban J connectivity index is 1.82. The summed E-state index contributed by atoms with van der Waals surface area (Å²) in [7, 11) is 0. The predicted octanol–water partition coefficient (Wildman–Crippen LogP) is 2.96. The van der Waals surface area contributed by atoms with Crippen molar-refractivity contribution in [2.75, 3.05) is 19.6 Å². The molecule has 0 saturated heterocycles. The van der Waals surface area contributed by atoms with Crippen LogP contribution in [0.1, 0.15) is 28.4 Å². The van der Waals surface area contributed by atoms with Gasteiger partial charge >= 0.3 is 0 Å². The van der Waals surface area contributed by atoms with Crippen LogP contribution in [-0.2, 0) is 11.2 Å². The Labute approximate surface area is 147 Å². The van der Waals surface area contributed by atoms with Gasteiger partial charge in [0.25, 0.3) is 5.91 Å². The van der Waals surface area contributed by atoms with Crippen molar-refractivity contribution < 1.29 is 14.0 Å². The number of amides is 2. The van der Waals surface area contributed by atoms with E-state index < -0.39 is 0 Å². The van der Waals surface area contributed by atoms with Crippen molar-refractivity contribution in [1.82, 2.24) is 10.2 Å². The highest BCUT2D eigenvalue weighted by atomic mass is 19.1. The van der Waals surface area contributed by atoms with Crippen LogP contribution in [0.5, 0.6) is 0 Å². The summed E-state index contributed by atoms with van der Waals surface area (Å²) in [6.07, 6.45) is 0.645. The summed E-state index contributed by atoms with van der Waals surface area (Å²) in [5.41, 5.74) is 2.61. The minimum atomic E-state index is -0.272. The highest BCUT2D eigenvalue weighted by Gasteiger charge is 2.10. The van der Waals surface area contributed by atoms with Crippen molar-refractivity contribution in [1.29, 1.82) is 0 Å². The highest BCUT2D eigenvalue weighted by Crippen LogP contribution is 2.05. The molecule has 2 amide bonds. The molecule has 1 N–H and O–H groups in total. The third kappa shape index (κ3) is 6.03. The van der Waals surface area contributed by atoms with E-state index in [4.69, 9.17) is 0 Å². The third-order valence-electron chi connectivity index (χ3n) is 3.98. The molecule has 0 spiro atoms. The van der Waals surface area contributed by atoms with Crippen LogP contribution in [0, 0.1) is 12.7 Å². The van der Waals surface area contributed by atoms with Crippen LogP contribution >= 0.6 is 0 Å². The number of carbonyl (C=O) groups is 2. The number of halogens is 1. The number of nitrogens with one attached hydrogen (secondary N) is 1. The Bertz CT molecular complexity index is 729. The second kappa shape index (κ2) is 8.97. The van der Waals surface area contributed by atoms with E-state index in [0.717, 1.165) is 11.1 Å². The van der Waals surface area contributed by atoms with Gasteiger partial charge in [0, 0.05) is 32.1 Å². The second-order valence-corrected chi connectivity index (χ2v) is 6.01. The SMILES string of the molecule is CC(=O)N(CCNC(=O)c1cccc(C)c1)CCc1ccc(F)cc1. The first-order valence-corrected chi connectivity index (χ1v) is 8.30. The van der Waals surface area contributed by atoms with Crippen LogP contribution in [0.3, 0.4) is 0 Å². The first kappa shape index (κ1) is 18.6. The first-order chi connectivity index (χ1) is 12.0. The summed E-state index contributed by atoms with van der Waals surface area (Å²) < 4.78 is 12.9. The van der Waals surface area contributed by atoms with Gasteiger partial charge in [-0.25, -0.2) is 4.39 Å². The monoisotopic (exact) mass is 342 g/mol. The molecule has 0 aromatic heterocycles. The maximum Gasteiger partial charge on any atom is 0.251 e. The van der Waals surface area contributed by atoms with Gasteiger partial charge in [-0.2, -0.15) is 0 Å². The molecule has 0 atom stereocenters. The summed E-state index contributed by atoms with van der Waals surface area (Å²) in [6.45, 7) is 4.79. The molecule has 0 saturated carbocycles. The smallest absolute Gasteiger partial charge is 0.251 e. The Hall–Kier alpha value is -2.69. The van der Waals surface area contributed by atoms with Gasteiger partial charge in [0.15, 0.2) is 0 Å². The molecule has 2 aromatic rings. The summed E-state index contributed by atoms with van der Waals surface area (Å²) in [5.74, 6) is -0.469. The fourth-order valence-electron chi connectivity index (χ4n) is 2.53. The largest absolute Gasteiger partial charge is 0.350 e. The molecule has 0 radical (unpaired) electrons. The third-order valence-corrected chi connectivity index (χ3v) is 3.98. The Morgan fingerprint density at radius 2 is 1.80 bits per heavy atom. The molecule has 0 aliphatic carbocycles. The van der Waals surface area contributed by atoms with Crippen molar-refractivity contribution >= 4 is 11.8 Å². The molecule has 0 aliphatic heterocycles. The summed E-state index contributed by atoms with van der Waals surface area (Å²) >= 11 is 0. The molecule has 0 unspecified atom stereocenters. The number of hydrogen-bond donors (Lipinski definition) is 1. The molecule has 25 heavy (non-hydrogen) atoms. The quantitative estimate of drug-likeness (QED) is 0.841. The van der Waals surface area contributed by atoms with E-state index in [0.29, 0.717) is 31.6 Å². The molecule has 0 heterocycles. The molecule has 132 valence electrons. The van der Waals surface area contributed by atoms with Crippen LogP contribution in [0.15, 0.2) is 48.5 Å².